The molecule has 0 aliphatic carbocycles. The van der Waals surface area contributed by atoms with E-state index in [1.807, 2.05) is 30.3 Å². The number of furan rings is 1. The molecule has 0 fully saturated rings. The van der Waals surface area contributed by atoms with Crippen LogP contribution in [0.2, 0.25) is 0 Å². The summed E-state index contributed by atoms with van der Waals surface area (Å²) in [5.74, 6) is 0.599. The van der Waals surface area contributed by atoms with Gasteiger partial charge in [0.05, 0.1) is 6.26 Å². The minimum absolute atomic E-state index is 0.109. The fraction of sp³-hybridized carbons (Fsp3) is 0.0769. The molecule has 3 rings (SSSR count). The molecule has 0 saturated carbocycles. The Morgan fingerprint density at radius 2 is 2.14 bits per heavy atom. The minimum Gasteiger partial charge on any atom is -0.459 e. The second-order valence-corrected chi connectivity index (χ2v) is 5.11. The third kappa shape index (κ3) is 3.29. The molecule has 2 heterocycles. The number of rotatable bonds is 5. The Morgan fingerprint density at radius 1 is 1.29 bits per heavy atom. The lowest BCUT2D eigenvalue weighted by molar-refractivity contribution is 0.0995. The van der Waals surface area contributed by atoms with Gasteiger partial charge in [-0.3, -0.25) is 10.1 Å². The number of hydrogen-bond donors (Lipinski definition) is 2. The molecular formula is C13H11N5O2S. The van der Waals surface area contributed by atoms with Crippen molar-refractivity contribution in [1.82, 2.24) is 20.6 Å². The van der Waals surface area contributed by atoms with E-state index >= 15 is 0 Å². The van der Waals surface area contributed by atoms with Gasteiger partial charge in [-0.25, -0.2) is 0 Å². The number of nitrogens with zero attached hydrogens (tertiary/aromatic N) is 3. The number of aromatic amines is 1. The number of H-pyrrole nitrogens is 1. The maximum atomic E-state index is 12.1. The summed E-state index contributed by atoms with van der Waals surface area (Å²) in [6.45, 7) is 0. The highest BCUT2D eigenvalue weighted by atomic mass is 32.2. The highest BCUT2D eigenvalue weighted by Gasteiger charge is 2.17. The third-order valence-electron chi connectivity index (χ3n) is 2.66. The molecule has 1 aromatic carbocycles. The van der Waals surface area contributed by atoms with Crippen LogP contribution in [0.5, 0.6) is 0 Å². The molecule has 0 saturated heterocycles. The van der Waals surface area contributed by atoms with Crippen LogP contribution in [0, 0.1) is 0 Å². The van der Waals surface area contributed by atoms with Crippen LogP contribution >= 0.6 is 11.8 Å². The van der Waals surface area contributed by atoms with Crippen LogP contribution in [0.3, 0.4) is 0 Å². The summed E-state index contributed by atoms with van der Waals surface area (Å²) in [6.07, 6.45) is 1.49. The van der Waals surface area contributed by atoms with E-state index in [4.69, 9.17) is 4.42 Å². The van der Waals surface area contributed by atoms with E-state index in [1.54, 1.807) is 17.8 Å². The van der Waals surface area contributed by atoms with E-state index in [9.17, 15) is 4.79 Å². The lowest BCUT2D eigenvalue weighted by Crippen LogP contribution is -2.13. The van der Waals surface area contributed by atoms with Gasteiger partial charge in [0.25, 0.3) is 11.9 Å². The number of anilines is 1. The van der Waals surface area contributed by atoms with Gasteiger partial charge in [-0.1, -0.05) is 23.3 Å². The quantitative estimate of drug-likeness (QED) is 0.702. The number of hydrogen-bond acceptors (Lipinski definition) is 6. The average Bonchev–Trinajstić information content (AvgIpc) is 3.17. The average molecular weight is 301 g/mol. The smallest absolute Gasteiger partial charge is 0.294 e. The topological polar surface area (TPSA) is 96.7 Å². The van der Waals surface area contributed by atoms with Gasteiger partial charge in [0, 0.05) is 16.2 Å². The molecule has 2 aromatic heterocycles. The molecule has 7 nitrogen and oxygen atoms in total. The zero-order chi connectivity index (χ0) is 14.5. The van der Waals surface area contributed by atoms with Crippen LogP contribution in [0.25, 0.3) is 0 Å². The summed E-state index contributed by atoms with van der Waals surface area (Å²) in [5, 5.41) is 15.5. The summed E-state index contributed by atoms with van der Waals surface area (Å²) in [5.41, 5.74) is 0.810. The Morgan fingerprint density at radius 3 is 2.90 bits per heavy atom. The number of tetrazole rings is 1. The Kier molecular flexibility index (Phi) is 3.97. The Hall–Kier alpha value is -2.61. The van der Waals surface area contributed by atoms with Gasteiger partial charge < -0.3 is 4.42 Å². The van der Waals surface area contributed by atoms with Crippen LogP contribution in [0.15, 0.2) is 52.0 Å². The number of nitrogens with one attached hydrogen (secondary N) is 2. The van der Waals surface area contributed by atoms with Crippen molar-refractivity contribution in [3.63, 3.8) is 0 Å². The maximum Gasteiger partial charge on any atom is 0.294 e. The van der Waals surface area contributed by atoms with Crippen LogP contribution in [0.4, 0.5) is 5.95 Å². The number of carbonyl (C=O) groups is 1. The van der Waals surface area contributed by atoms with Crippen LogP contribution in [-0.4, -0.2) is 26.5 Å². The lowest BCUT2D eigenvalue weighted by Gasteiger charge is -2.02. The van der Waals surface area contributed by atoms with Crippen molar-refractivity contribution in [3.05, 3.63) is 54.0 Å². The molecule has 8 heteroatoms. The molecule has 0 spiro atoms. The zero-order valence-corrected chi connectivity index (χ0v) is 11.6. The van der Waals surface area contributed by atoms with E-state index in [0.717, 1.165) is 10.5 Å². The molecule has 3 aromatic rings. The van der Waals surface area contributed by atoms with E-state index in [0.29, 0.717) is 5.75 Å². The maximum absolute atomic E-state index is 12.1. The van der Waals surface area contributed by atoms with Crippen LogP contribution in [-0.2, 0) is 5.75 Å². The van der Waals surface area contributed by atoms with Gasteiger partial charge in [-0.2, -0.15) is 5.21 Å². The second kappa shape index (κ2) is 6.23. The second-order valence-electron chi connectivity index (χ2n) is 4.07. The summed E-state index contributed by atoms with van der Waals surface area (Å²) in [7, 11) is 0. The zero-order valence-electron chi connectivity index (χ0n) is 10.8. The Bertz CT molecular complexity index is 711. The molecule has 0 aliphatic heterocycles. The molecule has 0 bridgehead atoms. The molecule has 0 unspecified atom stereocenters. The van der Waals surface area contributed by atoms with Gasteiger partial charge >= 0.3 is 0 Å². The van der Waals surface area contributed by atoms with Gasteiger partial charge in [0.15, 0.2) is 5.76 Å². The molecule has 0 aliphatic rings. The normalized spacial score (nSPS) is 10.5. The standard InChI is InChI=1S/C13H11N5O2S/c19-12(14-13-15-17-18-16-13)11-9(6-7-20-11)8-21-10-4-2-1-3-5-10/h1-7H,8H2,(H2,14,15,16,17,18,19). The van der Waals surface area contributed by atoms with Crippen molar-refractivity contribution in [2.75, 3.05) is 5.32 Å². The molecule has 0 atom stereocenters. The van der Waals surface area contributed by atoms with Crippen LogP contribution < -0.4 is 5.32 Å². The predicted molar refractivity (Wildman–Crippen MR) is 76.8 cm³/mol. The number of benzene rings is 1. The van der Waals surface area contributed by atoms with Crippen molar-refractivity contribution in [2.24, 2.45) is 0 Å². The highest BCUT2D eigenvalue weighted by Crippen LogP contribution is 2.25. The highest BCUT2D eigenvalue weighted by molar-refractivity contribution is 7.98. The van der Waals surface area contributed by atoms with Crippen molar-refractivity contribution in [1.29, 1.82) is 0 Å². The summed E-state index contributed by atoms with van der Waals surface area (Å²) >= 11 is 1.63. The third-order valence-corrected chi connectivity index (χ3v) is 3.72. The van der Waals surface area contributed by atoms with E-state index < -0.39 is 5.91 Å². The summed E-state index contributed by atoms with van der Waals surface area (Å²) < 4.78 is 5.25. The Labute approximate surface area is 124 Å². The first kappa shape index (κ1) is 13.4. The van der Waals surface area contributed by atoms with E-state index in [1.165, 1.54) is 6.26 Å². The van der Waals surface area contributed by atoms with Crippen LogP contribution in [0.1, 0.15) is 16.1 Å². The molecular weight excluding hydrogens is 290 g/mol. The fourth-order valence-corrected chi connectivity index (χ4v) is 2.60. The molecule has 1 amide bonds. The van der Waals surface area contributed by atoms with Gasteiger partial charge in [0.2, 0.25) is 0 Å². The van der Waals surface area contributed by atoms with Crippen molar-refractivity contribution >= 4 is 23.6 Å². The van der Waals surface area contributed by atoms with Crippen molar-refractivity contribution < 1.29 is 9.21 Å². The van der Waals surface area contributed by atoms with Crippen molar-refractivity contribution in [3.8, 4) is 0 Å². The summed E-state index contributed by atoms with van der Waals surface area (Å²) in [6, 6.07) is 11.7. The number of carbonyl (C=O) groups excluding carboxylic acids is 1. The van der Waals surface area contributed by atoms with Gasteiger partial charge in [-0.05, 0) is 23.4 Å². The summed E-state index contributed by atoms with van der Waals surface area (Å²) in [4.78, 5) is 13.2. The molecule has 0 radical (unpaired) electrons. The van der Waals surface area contributed by atoms with E-state index in [2.05, 4.69) is 25.9 Å². The molecule has 2 N–H and O–H groups in total. The number of amides is 1. The molecule has 21 heavy (non-hydrogen) atoms. The number of thioether (sulfide) groups is 1. The first-order valence-electron chi connectivity index (χ1n) is 6.12. The largest absolute Gasteiger partial charge is 0.459 e. The lowest BCUT2D eigenvalue weighted by atomic mass is 10.3. The minimum atomic E-state index is -0.398. The number of aromatic nitrogens is 4. The molecule has 106 valence electrons. The first-order chi connectivity index (χ1) is 10.3. The van der Waals surface area contributed by atoms with Gasteiger partial charge in [0.1, 0.15) is 0 Å². The van der Waals surface area contributed by atoms with E-state index in [-0.39, 0.29) is 11.7 Å². The monoisotopic (exact) mass is 301 g/mol. The van der Waals surface area contributed by atoms with Gasteiger partial charge in [-0.15, -0.1) is 16.9 Å². The first-order valence-corrected chi connectivity index (χ1v) is 7.10. The van der Waals surface area contributed by atoms with Crippen molar-refractivity contribution in [2.45, 2.75) is 10.6 Å². The predicted octanol–water partition coefficient (Wildman–Crippen LogP) is 2.34. The SMILES string of the molecule is O=C(Nc1nn[nH]n1)c1occc1CSc1ccccc1. The Balaban J connectivity index is 1.67. The fourth-order valence-electron chi connectivity index (χ4n) is 1.70.